The van der Waals surface area contributed by atoms with Crippen LogP contribution < -0.4 is 11.1 Å². The maximum absolute atomic E-state index is 11.0. The van der Waals surface area contributed by atoms with E-state index >= 15 is 0 Å². The van der Waals surface area contributed by atoms with Crippen molar-refractivity contribution in [3.63, 3.8) is 0 Å². The minimum Gasteiger partial charge on any atom is -0.370 e. The Hall–Kier alpha value is -1.35. The molecule has 1 aliphatic carbocycles. The molecular weight excluding hydrogens is 200 g/mol. The summed E-state index contributed by atoms with van der Waals surface area (Å²) in [6, 6.07) is 8.51. The van der Waals surface area contributed by atoms with Gasteiger partial charge < -0.3 is 11.1 Å². The van der Waals surface area contributed by atoms with Gasteiger partial charge in [-0.05, 0) is 36.9 Å². The lowest BCUT2D eigenvalue weighted by molar-refractivity contribution is -0.118. The Morgan fingerprint density at radius 2 is 2.31 bits per heavy atom. The van der Waals surface area contributed by atoms with Gasteiger partial charge in [0.05, 0.1) is 0 Å². The van der Waals surface area contributed by atoms with Gasteiger partial charge in [0.15, 0.2) is 0 Å². The van der Waals surface area contributed by atoms with Crippen molar-refractivity contribution in [1.82, 2.24) is 5.32 Å². The van der Waals surface area contributed by atoms with Crippen molar-refractivity contribution in [2.45, 2.75) is 31.2 Å². The van der Waals surface area contributed by atoms with Gasteiger partial charge in [0.25, 0.3) is 0 Å². The zero-order valence-corrected chi connectivity index (χ0v) is 9.57. The van der Waals surface area contributed by atoms with Crippen molar-refractivity contribution in [1.29, 1.82) is 0 Å². The van der Waals surface area contributed by atoms with E-state index in [1.54, 1.807) is 0 Å². The maximum Gasteiger partial charge on any atom is 0.219 e. The molecule has 1 aromatic carbocycles. The molecule has 0 aromatic heterocycles. The number of hydrogen-bond acceptors (Lipinski definition) is 2. The zero-order valence-electron chi connectivity index (χ0n) is 9.57. The Balaban J connectivity index is 2.16. The molecule has 0 radical (unpaired) electrons. The Morgan fingerprint density at radius 1 is 1.56 bits per heavy atom. The molecule has 0 saturated heterocycles. The van der Waals surface area contributed by atoms with E-state index in [1.165, 1.54) is 18.4 Å². The van der Waals surface area contributed by atoms with Crippen LogP contribution in [0.5, 0.6) is 0 Å². The molecule has 1 saturated carbocycles. The molecule has 1 aromatic rings. The molecule has 1 fully saturated rings. The van der Waals surface area contributed by atoms with E-state index in [-0.39, 0.29) is 11.9 Å². The first-order valence-corrected chi connectivity index (χ1v) is 5.76. The van der Waals surface area contributed by atoms with Crippen molar-refractivity contribution in [2.24, 2.45) is 5.73 Å². The molecule has 0 aliphatic heterocycles. The molecule has 16 heavy (non-hydrogen) atoms. The van der Waals surface area contributed by atoms with Crippen LogP contribution >= 0.6 is 0 Å². The highest BCUT2D eigenvalue weighted by Gasteiger charge is 2.24. The van der Waals surface area contributed by atoms with Gasteiger partial charge in [0.2, 0.25) is 5.91 Å². The highest BCUT2D eigenvalue weighted by molar-refractivity contribution is 5.74. The second-order valence-corrected chi connectivity index (χ2v) is 4.46. The zero-order chi connectivity index (χ0) is 11.5. The lowest BCUT2D eigenvalue weighted by atomic mass is 9.99. The summed E-state index contributed by atoms with van der Waals surface area (Å²) in [6.07, 6.45) is 2.94. The van der Waals surface area contributed by atoms with Crippen LogP contribution in [0.15, 0.2) is 24.3 Å². The third-order valence-corrected chi connectivity index (χ3v) is 3.12. The molecule has 1 aliphatic rings. The lowest BCUT2D eigenvalue weighted by Crippen LogP contribution is -2.23. The van der Waals surface area contributed by atoms with Crippen LogP contribution in [0, 0.1) is 0 Å². The van der Waals surface area contributed by atoms with Gasteiger partial charge in [-0.1, -0.05) is 24.3 Å². The van der Waals surface area contributed by atoms with E-state index in [0.717, 1.165) is 11.5 Å². The average Bonchev–Trinajstić information content (AvgIpc) is 3.09. The first-order valence-electron chi connectivity index (χ1n) is 5.76. The monoisotopic (exact) mass is 218 g/mol. The molecular formula is C13H18N2O. The quantitative estimate of drug-likeness (QED) is 0.790. The number of carbonyl (C=O) groups is 1. The Bertz CT molecular complexity index is 385. The largest absolute Gasteiger partial charge is 0.370 e. The third kappa shape index (κ3) is 2.61. The van der Waals surface area contributed by atoms with Crippen LogP contribution in [-0.4, -0.2) is 13.0 Å². The minimum atomic E-state index is -0.267. The fourth-order valence-electron chi connectivity index (χ4n) is 2.03. The van der Waals surface area contributed by atoms with E-state index < -0.39 is 0 Å². The summed E-state index contributed by atoms with van der Waals surface area (Å²) in [4.78, 5) is 11.0. The molecule has 1 unspecified atom stereocenters. The average molecular weight is 218 g/mol. The molecule has 0 spiro atoms. The fraction of sp³-hybridized carbons (Fsp3) is 0.462. The second-order valence-electron chi connectivity index (χ2n) is 4.46. The van der Waals surface area contributed by atoms with Crippen molar-refractivity contribution in [3.8, 4) is 0 Å². The number of nitrogens with one attached hydrogen (secondary N) is 1. The van der Waals surface area contributed by atoms with Crippen molar-refractivity contribution in [3.05, 3.63) is 35.4 Å². The number of benzene rings is 1. The summed E-state index contributed by atoms with van der Waals surface area (Å²) < 4.78 is 0. The number of nitrogens with two attached hydrogens (primary N) is 1. The Morgan fingerprint density at radius 3 is 2.88 bits per heavy atom. The van der Waals surface area contributed by atoms with Crippen LogP contribution in [0.25, 0.3) is 0 Å². The SMILES string of the molecule is CNC(CC(N)=O)c1cccc(C2CC2)c1. The van der Waals surface area contributed by atoms with Gasteiger partial charge >= 0.3 is 0 Å². The van der Waals surface area contributed by atoms with E-state index in [1.807, 2.05) is 7.05 Å². The van der Waals surface area contributed by atoms with Crippen LogP contribution in [0.4, 0.5) is 0 Å². The van der Waals surface area contributed by atoms with Gasteiger partial charge in [-0.15, -0.1) is 0 Å². The topological polar surface area (TPSA) is 55.1 Å². The normalized spacial score (nSPS) is 17.1. The smallest absolute Gasteiger partial charge is 0.219 e. The number of amides is 1. The number of rotatable bonds is 5. The van der Waals surface area contributed by atoms with Gasteiger partial charge in [-0.25, -0.2) is 0 Å². The second kappa shape index (κ2) is 4.66. The summed E-state index contributed by atoms with van der Waals surface area (Å²) >= 11 is 0. The molecule has 3 nitrogen and oxygen atoms in total. The fourth-order valence-corrected chi connectivity index (χ4v) is 2.03. The van der Waals surface area contributed by atoms with Gasteiger partial charge in [0, 0.05) is 12.5 Å². The minimum absolute atomic E-state index is 0.0381. The molecule has 86 valence electrons. The van der Waals surface area contributed by atoms with Gasteiger partial charge in [-0.3, -0.25) is 4.79 Å². The van der Waals surface area contributed by atoms with E-state index in [4.69, 9.17) is 5.73 Å². The molecule has 0 heterocycles. The highest BCUT2D eigenvalue weighted by atomic mass is 16.1. The molecule has 3 heteroatoms. The standard InChI is InChI=1S/C13H18N2O/c1-15-12(8-13(14)16)11-4-2-3-10(7-11)9-5-6-9/h2-4,7,9,12,15H,5-6,8H2,1H3,(H2,14,16). The summed E-state index contributed by atoms with van der Waals surface area (Å²) in [5.41, 5.74) is 7.79. The van der Waals surface area contributed by atoms with Crippen molar-refractivity contribution < 1.29 is 4.79 Å². The van der Waals surface area contributed by atoms with Crippen LogP contribution in [0.3, 0.4) is 0 Å². The number of carbonyl (C=O) groups excluding carboxylic acids is 1. The van der Waals surface area contributed by atoms with Crippen LogP contribution in [0.2, 0.25) is 0 Å². The molecule has 3 N–H and O–H groups in total. The summed E-state index contributed by atoms with van der Waals surface area (Å²) in [5, 5.41) is 3.14. The van der Waals surface area contributed by atoms with Crippen LogP contribution in [-0.2, 0) is 4.79 Å². The first kappa shape index (κ1) is 11.1. The van der Waals surface area contributed by atoms with Crippen molar-refractivity contribution >= 4 is 5.91 Å². The summed E-state index contributed by atoms with van der Waals surface area (Å²) in [7, 11) is 1.86. The summed E-state index contributed by atoms with van der Waals surface area (Å²) in [6.45, 7) is 0. The number of primary amides is 1. The van der Waals surface area contributed by atoms with E-state index in [2.05, 4.69) is 29.6 Å². The molecule has 2 rings (SSSR count). The third-order valence-electron chi connectivity index (χ3n) is 3.12. The highest BCUT2D eigenvalue weighted by Crippen LogP contribution is 2.40. The molecule has 1 amide bonds. The predicted octanol–water partition coefficient (Wildman–Crippen LogP) is 1.70. The van der Waals surface area contributed by atoms with Crippen LogP contribution in [0.1, 0.15) is 42.3 Å². The molecule has 1 atom stereocenters. The van der Waals surface area contributed by atoms with E-state index in [9.17, 15) is 4.79 Å². The first-order chi connectivity index (χ1) is 7.70. The van der Waals surface area contributed by atoms with Gasteiger partial charge in [0.1, 0.15) is 0 Å². The maximum atomic E-state index is 11.0. The van der Waals surface area contributed by atoms with Crippen molar-refractivity contribution in [2.75, 3.05) is 7.05 Å². The van der Waals surface area contributed by atoms with Gasteiger partial charge in [-0.2, -0.15) is 0 Å². The lowest BCUT2D eigenvalue weighted by Gasteiger charge is -2.15. The Kier molecular flexibility index (Phi) is 3.25. The Labute approximate surface area is 96.0 Å². The predicted molar refractivity (Wildman–Crippen MR) is 64.0 cm³/mol. The van der Waals surface area contributed by atoms with E-state index in [0.29, 0.717) is 6.42 Å². The molecule has 0 bridgehead atoms. The summed E-state index contributed by atoms with van der Waals surface area (Å²) in [5.74, 6) is 0.474. The number of hydrogen-bond donors (Lipinski definition) is 2.